The van der Waals surface area contributed by atoms with E-state index in [-0.39, 0.29) is 5.91 Å². The Morgan fingerprint density at radius 1 is 1.17 bits per heavy atom. The van der Waals surface area contributed by atoms with Gasteiger partial charge in [0.15, 0.2) is 0 Å². The molecule has 4 rings (SSSR count). The summed E-state index contributed by atoms with van der Waals surface area (Å²) in [5.74, 6) is 1.29. The van der Waals surface area contributed by atoms with Crippen LogP contribution in [0.4, 0.5) is 0 Å². The molecule has 2 aromatic rings. The van der Waals surface area contributed by atoms with Crippen LogP contribution in [0.1, 0.15) is 58.2 Å². The van der Waals surface area contributed by atoms with Gasteiger partial charge in [-0.05, 0) is 68.4 Å². The largest absolute Gasteiger partial charge is 0.338 e. The van der Waals surface area contributed by atoms with Crippen molar-refractivity contribution < 1.29 is 4.79 Å². The maximum atomic E-state index is 12.9. The third kappa shape index (κ3) is 2.93. The molecule has 1 amide bonds. The van der Waals surface area contributed by atoms with E-state index in [2.05, 4.69) is 22.1 Å². The Hall–Kier alpha value is -2.23. The lowest BCUT2D eigenvalue weighted by Crippen LogP contribution is -2.39. The molecular weight excluding hydrogens is 298 g/mol. The monoisotopic (exact) mass is 321 g/mol. The number of carbonyl (C=O) groups is 1. The fraction of sp³-hybridized carbons (Fsp3) is 0.450. The Labute approximate surface area is 142 Å². The zero-order chi connectivity index (χ0) is 16.5. The summed E-state index contributed by atoms with van der Waals surface area (Å²) in [7, 11) is 0. The van der Waals surface area contributed by atoms with Gasteiger partial charge in [0.05, 0.1) is 0 Å². The van der Waals surface area contributed by atoms with Gasteiger partial charge >= 0.3 is 0 Å². The normalized spacial score (nSPS) is 20.0. The maximum Gasteiger partial charge on any atom is 0.253 e. The highest BCUT2D eigenvalue weighted by Crippen LogP contribution is 2.28. The SMILES string of the molecule is Cc1nccc([C@@H]2CCCN(C(=O)c3ccc4c(c3)CCC4)C2)n1. The Bertz CT molecular complexity index is 771. The molecule has 0 N–H and O–H groups in total. The third-order valence-corrected chi connectivity index (χ3v) is 5.27. The number of fused-ring (bicyclic) bond motifs is 1. The summed E-state index contributed by atoms with van der Waals surface area (Å²) in [6, 6.07) is 8.25. The number of rotatable bonds is 2. The molecule has 24 heavy (non-hydrogen) atoms. The van der Waals surface area contributed by atoms with E-state index in [1.807, 2.05) is 30.2 Å². The lowest BCUT2D eigenvalue weighted by molar-refractivity contribution is 0.0705. The van der Waals surface area contributed by atoms with Crippen LogP contribution in [0.15, 0.2) is 30.5 Å². The van der Waals surface area contributed by atoms with Crippen LogP contribution in [0, 0.1) is 6.92 Å². The van der Waals surface area contributed by atoms with Crippen molar-refractivity contribution in [1.29, 1.82) is 0 Å². The van der Waals surface area contributed by atoms with Crippen LogP contribution in [0.25, 0.3) is 0 Å². The van der Waals surface area contributed by atoms with Crippen LogP contribution in [0.5, 0.6) is 0 Å². The zero-order valence-electron chi connectivity index (χ0n) is 14.2. The van der Waals surface area contributed by atoms with E-state index in [0.717, 1.165) is 55.9 Å². The minimum Gasteiger partial charge on any atom is -0.338 e. The first kappa shape index (κ1) is 15.3. The molecule has 124 valence electrons. The van der Waals surface area contributed by atoms with Gasteiger partial charge in [0.1, 0.15) is 5.82 Å². The van der Waals surface area contributed by atoms with Gasteiger partial charge in [-0.15, -0.1) is 0 Å². The molecule has 4 nitrogen and oxygen atoms in total. The molecule has 0 unspecified atom stereocenters. The number of amides is 1. The van der Waals surface area contributed by atoms with Crippen molar-refractivity contribution in [3.8, 4) is 0 Å². The number of aryl methyl sites for hydroxylation is 3. The van der Waals surface area contributed by atoms with Gasteiger partial charge in [-0.3, -0.25) is 4.79 Å². The number of piperidine rings is 1. The quantitative estimate of drug-likeness (QED) is 0.852. The molecule has 1 aliphatic heterocycles. The predicted molar refractivity (Wildman–Crippen MR) is 93.1 cm³/mol. The molecular formula is C20H23N3O. The van der Waals surface area contributed by atoms with E-state index in [0.29, 0.717) is 5.92 Å². The standard InChI is InChI=1S/C20H23N3O/c1-14-21-10-9-19(22-14)18-6-3-11-23(13-18)20(24)17-8-7-15-4-2-5-16(15)12-17/h7-10,12,18H,2-6,11,13H2,1H3/t18-/m1/s1. The van der Waals surface area contributed by atoms with E-state index < -0.39 is 0 Å². The number of benzene rings is 1. The molecule has 2 heterocycles. The molecule has 0 saturated carbocycles. The number of aromatic nitrogens is 2. The molecule has 1 aliphatic carbocycles. The number of likely N-dealkylation sites (tertiary alicyclic amines) is 1. The molecule has 1 atom stereocenters. The van der Waals surface area contributed by atoms with Crippen LogP contribution in [-0.4, -0.2) is 33.9 Å². The van der Waals surface area contributed by atoms with E-state index in [1.165, 1.54) is 17.5 Å². The van der Waals surface area contributed by atoms with Gasteiger partial charge < -0.3 is 4.90 Å². The molecule has 1 fully saturated rings. The molecule has 0 spiro atoms. The summed E-state index contributed by atoms with van der Waals surface area (Å²) in [5.41, 5.74) is 4.68. The highest BCUT2D eigenvalue weighted by molar-refractivity contribution is 5.94. The molecule has 4 heteroatoms. The van der Waals surface area contributed by atoms with Crippen molar-refractivity contribution in [2.24, 2.45) is 0 Å². The second-order valence-corrected chi connectivity index (χ2v) is 6.96. The second-order valence-electron chi connectivity index (χ2n) is 6.96. The van der Waals surface area contributed by atoms with Gasteiger partial charge in [0, 0.05) is 36.5 Å². The van der Waals surface area contributed by atoms with Crippen molar-refractivity contribution in [2.45, 2.75) is 44.9 Å². The average Bonchev–Trinajstić information content (AvgIpc) is 3.09. The van der Waals surface area contributed by atoms with Gasteiger partial charge in [-0.2, -0.15) is 0 Å². The molecule has 0 bridgehead atoms. The van der Waals surface area contributed by atoms with Crippen LogP contribution in [-0.2, 0) is 12.8 Å². The van der Waals surface area contributed by atoms with Crippen LogP contribution in [0.3, 0.4) is 0 Å². The first-order chi connectivity index (χ1) is 11.7. The number of carbonyl (C=O) groups excluding carboxylic acids is 1. The van der Waals surface area contributed by atoms with E-state index in [9.17, 15) is 4.79 Å². The molecule has 1 aromatic heterocycles. The summed E-state index contributed by atoms with van der Waals surface area (Å²) in [6.45, 7) is 3.52. The number of hydrogen-bond acceptors (Lipinski definition) is 3. The van der Waals surface area contributed by atoms with Gasteiger partial charge in [0.25, 0.3) is 5.91 Å². The van der Waals surface area contributed by atoms with E-state index in [1.54, 1.807) is 0 Å². The third-order valence-electron chi connectivity index (χ3n) is 5.27. The zero-order valence-corrected chi connectivity index (χ0v) is 14.2. The molecule has 2 aliphatic rings. The Morgan fingerprint density at radius 3 is 2.92 bits per heavy atom. The van der Waals surface area contributed by atoms with Crippen LogP contribution >= 0.6 is 0 Å². The second kappa shape index (κ2) is 6.34. The molecule has 1 aromatic carbocycles. The number of nitrogens with zero attached hydrogens (tertiary/aromatic N) is 3. The topological polar surface area (TPSA) is 46.1 Å². The van der Waals surface area contributed by atoms with Crippen molar-refractivity contribution >= 4 is 5.91 Å². The van der Waals surface area contributed by atoms with E-state index in [4.69, 9.17) is 0 Å². The minimum atomic E-state index is 0.167. The Balaban J connectivity index is 1.52. The summed E-state index contributed by atoms with van der Waals surface area (Å²) in [5, 5.41) is 0. The Kier molecular flexibility index (Phi) is 4.05. The molecule has 0 radical (unpaired) electrons. The Morgan fingerprint density at radius 2 is 2.04 bits per heavy atom. The summed E-state index contributed by atoms with van der Waals surface area (Å²) < 4.78 is 0. The first-order valence-corrected chi connectivity index (χ1v) is 8.91. The van der Waals surface area contributed by atoms with Gasteiger partial charge in [-0.25, -0.2) is 9.97 Å². The summed E-state index contributed by atoms with van der Waals surface area (Å²) in [4.78, 5) is 23.7. The van der Waals surface area contributed by atoms with Crippen molar-refractivity contribution in [3.63, 3.8) is 0 Å². The van der Waals surface area contributed by atoms with Gasteiger partial charge in [0.2, 0.25) is 0 Å². The lowest BCUT2D eigenvalue weighted by atomic mass is 9.93. The molecule has 1 saturated heterocycles. The highest BCUT2D eigenvalue weighted by Gasteiger charge is 2.27. The van der Waals surface area contributed by atoms with Crippen molar-refractivity contribution in [3.05, 3.63) is 58.7 Å². The smallest absolute Gasteiger partial charge is 0.253 e. The van der Waals surface area contributed by atoms with Crippen LogP contribution in [0.2, 0.25) is 0 Å². The maximum absolute atomic E-state index is 12.9. The first-order valence-electron chi connectivity index (χ1n) is 8.91. The van der Waals surface area contributed by atoms with Gasteiger partial charge in [-0.1, -0.05) is 6.07 Å². The van der Waals surface area contributed by atoms with E-state index >= 15 is 0 Å². The fourth-order valence-electron chi connectivity index (χ4n) is 3.99. The summed E-state index contributed by atoms with van der Waals surface area (Å²) >= 11 is 0. The highest BCUT2D eigenvalue weighted by atomic mass is 16.2. The number of hydrogen-bond donors (Lipinski definition) is 0. The fourth-order valence-corrected chi connectivity index (χ4v) is 3.99. The average molecular weight is 321 g/mol. The van der Waals surface area contributed by atoms with Crippen LogP contribution < -0.4 is 0 Å². The summed E-state index contributed by atoms with van der Waals surface area (Å²) in [6.07, 6.45) is 7.42. The lowest BCUT2D eigenvalue weighted by Gasteiger charge is -2.32. The minimum absolute atomic E-state index is 0.167. The van der Waals surface area contributed by atoms with Crippen molar-refractivity contribution in [1.82, 2.24) is 14.9 Å². The predicted octanol–water partition coefficient (Wildman–Crippen LogP) is 3.29. The van der Waals surface area contributed by atoms with Crippen molar-refractivity contribution in [2.75, 3.05) is 13.1 Å².